The van der Waals surface area contributed by atoms with Crippen LogP contribution in [0.3, 0.4) is 0 Å². The lowest BCUT2D eigenvalue weighted by Crippen LogP contribution is -2.31. The standard InChI is InChI=1S/C12H12N2O6S/c1-8(15)3-2-6-13-12(16)10-5-4-9(14(17)18)7-11(10)21(13,19)20/h4-5,7H,2-3,6H2,1H3. The van der Waals surface area contributed by atoms with Gasteiger partial charge in [0.25, 0.3) is 21.6 Å². The minimum absolute atomic E-state index is 0.0802. The van der Waals surface area contributed by atoms with Gasteiger partial charge in [-0.3, -0.25) is 14.9 Å². The van der Waals surface area contributed by atoms with Gasteiger partial charge in [0, 0.05) is 25.1 Å². The van der Waals surface area contributed by atoms with E-state index >= 15 is 0 Å². The number of sulfonamides is 1. The number of hydrogen-bond acceptors (Lipinski definition) is 6. The number of hydrogen-bond donors (Lipinski definition) is 0. The summed E-state index contributed by atoms with van der Waals surface area (Å²) in [5.74, 6) is -0.823. The van der Waals surface area contributed by atoms with Gasteiger partial charge in [-0.25, -0.2) is 12.7 Å². The molecule has 112 valence electrons. The van der Waals surface area contributed by atoms with Crippen molar-refractivity contribution in [2.45, 2.75) is 24.7 Å². The molecule has 0 unspecified atom stereocenters. The molecule has 8 nitrogen and oxygen atoms in total. The first-order chi connectivity index (χ1) is 9.75. The number of benzene rings is 1. The normalized spacial score (nSPS) is 15.9. The Morgan fingerprint density at radius 3 is 2.62 bits per heavy atom. The first-order valence-electron chi connectivity index (χ1n) is 6.10. The number of nitrogens with zero attached hydrogens (tertiary/aromatic N) is 2. The maximum Gasteiger partial charge on any atom is 0.270 e. The summed E-state index contributed by atoms with van der Waals surface area (Å²) in [6.07, 6.45) is 0.381. The Bertz CT molecular complexity index is 740. The highest BCUT2D eigenvalue weighted by Crippen LogP contribution is 2.33. The molecule has 1 aromatic rings. The third-order valence-electron chi connectivity index (χ3n) is 3.09. The molecule has 0 spiro atoms. The number of Topliss-reactive ketones (excluding diaryl/α,β-unsaturated/α-hetero) is 1. The summed E-state index contributed by atoms with van der Waals surface area (Å²) in [6, 6.07) is 3.11. The second kappa shape index (κ2) is 5.24. The van der Waals surface area contributed by atoms with Gasteiger partial charge in [0.15, 0.2) is 0 Å². The van der Waals surface area contributed by atoms with Crippen LogP contribution in [0.2, 0.25) is 0 Å². The molecule has 0 bridgehead atoms. The average Bonchev–Trinajstić information content (AvgIpc) is 2.59. The van der Waals surface area contributed by atoms with Gasteiger partial charge in [-0.1, -0.05) is 0 Å². The predicted molar refractivity (Wildman–Crippen MR) is 71.2 cm³/mol. The van der Waals surface area contributed by atoms with Crippen LogP contribution in [0.1, 0.15) is 30.1 Å². The van der Waals surface area contributed by atoms with Crippen molar-refractivity contribution in [3.8, 4) is 0 Å². The van der Waals surface area contributed by atoms with Crippen LogP contribution >= 0.6 is 0 Å². The number of nitro benzene ring substituents is 1. The summed E-state index contributed by atoms with van der Waals surface area (Å²) in [7, 11) is -4.08. The summed E-state index contributed by atoms with van der Waals surface area (Å²) >= 11 is 0. The second-order valence-corrected chi connectivity index (χ2v) is 6.46. The van der Waals surface area contributed by atoms with Crippen molar-refractivity contribution < 1.29 is 22.9 Å². The Morgan fingerprint density at radius 1 is 1.38 bits per heavy atom. The Kier molecular flexibility index (Phi) is 3.77. The summed E-state index contributed by atoms with van der Waals surface area (Å²) in [6.45, 7) is 1.25. The van der Waals surface area contributed by atoms with Crippen LogP contribution in [0.15, 0.2) is 23.1 Å². The number of carbonyl (C=O) groups excluding carboxylic acids is 2. The lowest BCUT2D eigenvalue weighted by Gasteiger charge is -2.14. The Labute approximate surface area is 120 Å². The molecule has 1 amide bonds. The first kappa shape index (κ1) is 15.1. The van der Waals surface area contributed by atoms with Crippen molar-refractivity contribution in [3.05, 3.63) is 33.9 Å². The van der Waals surface area contributed by atoms with Crippen molar-refractivity contribution in [1.29, 1.82) is 0 Å². The maximum atomic E-state index is 12.2. The van der Waals surface area contributed by atoms with Gasteiger partial charge in [0.2, 0.25) is 0 Å². The molecule has 21 heavy (non-hydrogen) atoms. The largest absolute Gasteiger partial charge is 0.300 e. The number of ketones is 1. The molecule has 0 saturated heterocycles. The van der Waals surface area contributed by atoms with Crippen molar-refractivity contribution in [2.75, 3.05) is 6.54 Å². The fourth-order valence-corrected chi connectivity index (χ4v) is 3.70. The fraction of sp³-hybridized carbons (Fsp3) is 0.333. The predicted octanol–water partition coefficient (Wildman–Crippen LogP) is 1.11. The zero-order valence-corrected chi connectivity index (χ0v) is 11.9. The Balaban J connectivity index is 2.35. The number of amides is 1. The molecule has 0 aliphatic carbocycles. The lowest BCUT2D eigenvalue weighted by molar-refractivity contribution is -0.385. The Morgan fingerprint density at radius 2 is 2.05 bits per heavy atom. The van der Waals surface area contributed by atoms with E-state index in [2.05, 4.69) is 0 Å². The minimum atomic E-state index is -4.08. The molecular weight excluding hydrogens is 300 g/mol. The molecule has 9 heteroatoms. The topological polar surface area (TPSA) is 115 Å². The number of rotatable bonds is 5. The second-order valence-electron chi connectivity index (χ2n) is 4.63. The number of fused-ring (bicyclic) bond motifs is 1. The van der Waals surface area contributed by atoms with Crippen LogP contribution in [0, 0.1) is 10.1 Å². The molecule has 0 atom stereocenters. The van der Waals surface area contributed by atoms with E-state index in [-0.39, 0.29) is 35.6 Å². The van der Waals surface area contributed by atoms with Crippen LogP contribution in [0.5, 0.6) is 0 Å². The quantitative estimate of drug-likeness (QED) is 0.594. The van der Waals surface area contributed by atoms with Crippen molar-refractivity contribution in [2.24, 2.45) is 0 Å². The van der Waals surface area contributed by atoms with E-state index < -0.39 is 26.5 Å². The molecule has 0 radical (unpaired) electrons. The van der Waals surface area contributed by atoms with Gasteiger partial charge in [0.05, 0.1) is 10.5 Å². The summed E-state index contributed by atoms with van der Waals surface area (Å²) in [5, 5.41) is 10.7. The van der Waals surface area contributed by atoms with Gasteiger partial charge in [-0.2, -0.15) is 0 Å². The summed E-state index contributed by atoms with van der Waals surface area (Å²) < 4.78 is 25.1. The minimum Gasteiger partial charge on any atom is -0.300 e. The van der Waals surface area contributed by atoms with E-state index in [9.17, 15) is 28.1 Å². The van der Waals surface area contributed by atoms with Gasteiger partial charge in [-0.15, -0.1) is 0 Å². The smallest absolute Gasteiger partial charge is 0.270 e. The molecule has 1 aromatic carbocycles. The van der Waals surface area contributed by atoms with E-state index in [1.165, 1.54) is 6.92 Å². The molecule has 1 aliphatic rings. The molecule has 0 aromatic heterocycles. The summed E-state index contributed by atoms with van der Waals surface area (Å²) in [5.41, 5.74) is -0.473. The van der Waals surface area contributed by atoms with E-state index in [0.717, 1.165) is 18.2 Å². The van der Waals surface area contributed by atoms with Crippen LogP contribution in [0.25, 0.3) is 0 Å². The van der Waals surface area contributed by atoms with Gasteiger partial charge < -0.3 is 4.79 Å². The van der Waals surface area contributed by atoms with Crippen molar-refractivity contribution in [3.63, 3.8) is 0 Å². The van der Waals surface area contributed by atoms with Gasteiger partial charge >= 0.3 is 0 Å². The lowest BCUT2D eigenvalue weighted by atomic mass is 10.2. The SMILES string of the molecule is CC(=O)CCCN1C(=O)c2ccc([N+](=O)[O-])cc2S1(=O)=O. The number of nitro groups is 1. The van der Waals surface area contributed by atoms with Crippen LogP contribution in [0.4, 0.5) is 5.69 Å². The highest BCUT2D eigenvalue weighted by Gasteiger charge is 2.41. The van der Waals surface area contributed by atoms with Crippen LogP contribution in [-0.2, 0) is 14.8 Å². The molecule has 0 fully saturated rings. The van der Waals surface area contributed by atoms with Crippen LogP contribution in [-0.4, -0.2) is 35.9 Å². The molecule has 1 heterocycles. The highest BCUT2D eigenvalue weighted by molar-refractivity contribution is 7.90. The van der Waals surface area contributed by atoms with E-state index in [1.54, 1.807) is 0 Å². The Hall–Kier alpha value is -2.29. The van der Waals surface area contributed by atoms with Crippen molar-refractivity contribution in [1.82, 2.24) is 4.31 Å². The van der Waals surface area contributed by atoms with Crippen LogP contribution < -0.4 is 0 Å². The molecule has 0 N–H and O–H groups in total. The maximum absolute atomic E-state index is 12.2. The third-order valence-corrected chi connectivity index (χ3v) is 4.91. The highest BCUT2D eigenvalue weighted by atomic mass is 32.2. The fourth-order valence-electron chi connectivity index (χ4n) is 2.07. The van der Waals surface area contributed by atoms with E-state index in [4.69, 9.17) is 0 Å². The zero-order chi connectivity index (χ0) is 15.8. The third kappa shape index (κ3) is 2.64. The van der Waals surface area contributed by atoms with Gasteiger partial charge in [-0.05, 0) is 19.4 Å². The molecule has 0 saturated carbocycles. The molecular formula is C12H12N2O6S. The monoisotopic (exact) mass is 312 g/mol. The van der Waals surface area contributed by atoms with E-state index in [1.807, 2.05) is 0 Å². The average molecular weight is 312 g/mol. The zero-order valence-electron chi connectivity index (χ0n) is 11.1. The molecule has 2 rings (SSSR count). The first-order valence-corrected chi connectivity index (χ1v) is 7.54. The van der Waals surface area contributed by atoms with Crippen molar-refractivity contribution >= 4 is 27.4 Å². The van der Waals surface area contributed by atoms with Gasteiger partial charge in [0.1, 0.15) is 10.7 Å². The molecule has 1 aliphatic heterocycles. The number of carbonyl (C=O) groups is 2. The van der Waals surface area contributed by atoms with E-state index in [0.29, 0.717) is 4.31 Å². The number of non-ortho nitro benzene ring substituents is 1. The summed E-state index contributed by atoms with van der Waals surface area (Å²) in [4.78, 5) is 32.5.